The van der Waals surface area contributed by atoms with Gasteiger partial charge in [-0.15, -0.1) is 0 Å². The molecule has 0 bridgehead atoms. The number of carbonyl (C=O) groups excluding carboxylic acids is 1. The van der Waals surface area contributed by atoms with Gasteiger partial charge in [-0.05, 0) is 49.1 Å². The van der Waals surface area contributed by atoms with E-state index in [4.69, 9.17) is 9.47 Å². The van der Waals surface area contributed by atoms with Crippen LogP contribution in [0.25, 0.3) is 0 Å². The average Bonchev–Trinajstić information content (AvgIpc) is 3.04. The number of benzene rings is 2. The second-order valence-electron chi connectivity index (χ2n) is 7.21. The predicted octanol–water partition coefficient (Wildman–Crippen LogP) is 3.47. The fourth-order valence-electron chi connectivity index (χ4n) is 3.24. The zero-order valence-electron chi connectivity index (χ0n) is 17.7. The van der Waals surface area contributed by atoms with Crippen molar-refractivity contribution in [3.8, 4) is 5.75 Å². The first-order chi connectivity index (χ1) is 15.0. The van der Waals surface area contributed by atoms with Crippen molar-refractivity contribution in [3.63, 3.8) is 0 Å². The lowest BCUT2D eigenvalue weighted by Crippen LogP contribution is -2.22. The van der Waals surface area contributed by atoms with Gasteiger partial charge >= 0.3 is 5.97 Å². The second kappa shape index (κ2) is 10.9. The molecule has 0 radical (unpaired) electrons. The van der Waals surface area contributed by atoms with Crippen LogP contribution in [0.2, 0.25) is 0 Å². The molecule has 0 saturated heterocycles. The fourth-order valence-corrected chi connectivity index (χ4v) is 4.49. The lowest BCUT2D eigenvalue weighted by Gasteiger charge is -2.08. The van der Waals surface area contributed by atoms with Gasteiger partial charge in [-0.2, -0.15) is 0 Å². The molecule has 3 rings (SSSR count). The average molecular weight is 445 g/mol. The van der Waals surface area contributed by atoms with Gasteiger partial charge in [0.2, 0.25) is 0 Å². The van der Waals surface area contributed by atoms with E-state index in [1.165, 1.54) is 5.56 Å². The summed E-state index contributed by atoms with van der Waals surface area (Å²) in [6, 6.07) is 14.7. The molecule has 0 saturated carbocycles. The molecule has 8 heteroatoms. The number of rotatable bonds is 11. The van der Waals surface area contributed by atoms with E-state index >= 15 is 0 Å². The van der Waals surface area contributed by atoms with Crippen LogP contribution in [0.3, 0.4) is 0 Å². The number of nitrogens with zero attached hydrogens (tertiary/aromatic N) is 1. The van der Waals surface area contributed by atoms with Crippen molar-refractivity contribution in [2.75, 3.05) is 19.8 Å². The number of fused-ring (bicyclic) bond motifs is 1. The normalized spacial score (nSPS) is 15.3. The Morgan fingerprint density at radius 3 is 2.71 bits per heavy atom. The van der Waals surface area contributed by atoms with Gasteiger partial charge < -0.3 is 9.47 Å². The highest BCUT2D eigenvalue weighted by molar-refractivity contribution is 7.90. The SMILES string of the molecule is CCc1cccc(OCCOC(=O)CCCCCN=C2NS(=O)(=O)c3ccccc32)c1. The Morgan fingerprint density at radius 2 is 1.87 bits per heavy atom. The number of aryl methyl sites for hydroxylation is 1. The van der Waals surface area contributed by atoms with Crippen molar-refractivity contribution in [2.45, 2.75) is 43.9 Å². The highest BCUT2D eigenvalue weighted by Crippen LogP contribution is 2.22. The minimum atomic E-state index is -3.50. The van der Waals surface area contributed by atoms with Gasteiger partial charge in [-0.1, -0.05) is 37.6 Å². The highest BCUT2D eigenvalue weighted by Gasteiger charge is 2.29. The van der Waals surface area contributed by atoms with Crippen molar-refractivity contribution in [3.05, 3.63) is 59.7 Å². The van der Waals surface area contributed by atoms with Crippen LogP contribution in [0, 0.1) is 0 Å². The molecule has 0 atom stereocenters. The summed E-state index contributed by atoms with van der Waals surface area (Å²) in [5, 5.41) is 0. The van der Waals surface area contributed by atoms with Crippen molar-refractivity contribution in [2.24, 2.45) is 4.99 Å². The first-order valence-corrected chi connectivity index (χ1v) is 12.0. The molecule has 0 aromatic heterocycles. The van der Waals surface area contributed by atoms with E-state index in [9.17, 15) is 13.2 Å². The quantitative estimate of drug-likeness (QED) is 0.423. The Hall–Kier alpha value is -2.87. The number of unbranched alkanes of at least 4 members (excludes halogenated alkanes) is 2. The molecule has 1 heterocycles. The largest absolute Gasteiger partial charge is 0.490 e. The molecular weight excluding hydrogens is 416 g/mol. The summed E-state index contributed by atoms with van der Waals surface area (Å²) in [6.07, 6.45) is 3.56. The predicted molar refractivity (Wildman–Crippen MR) is 119 cm³/mol. The summed E-state index contributed by atoms with van der Waals surface area (Å²) >= 11 is 0. The highest BCUT2D eigenvalue weighted by atomic mass is 32.2. The van der Waals surface area contributed by atoms with Gasteiger partial charge in [-0.3, -0.25) is 14.5 Å². The number of nitrogens with one attached hydrogen (secondary N) is 1. The summed E-state index contributed by atoms with van der Waals surface area (Å²) < 4.78 is 37.4. The number of aliphatic imine (C=N–C) groups is 1. The number of ether oxygens (including phenoxy) is 2. The van der Waals surface area contributed by atoms with E-state index in [1.807, 2.05) is 24.3 Å². The van der Waals surface area contributed by atoms with Crippen LogP contribution in [0.1, 0.15) is 43.7 Å². The van der Waals surface area contributed by atoms with Gasteiger partial charge in [0.1, 0.15) is 24.8 Å². The molecule has 0 fully saturated rings. The molecule has 2 aromatic carbocycles. The topological polar surface area (TPSA) is 94.1 Å². The molecular formula is C23H28N2O5S. The van der Waals surface area contributed by atoms with Crippen LogP contribution in [0.4, 0.5) is 0 Å². The number of carbonyl (C=O) groups is 1. The summed E-state index contributed by atoms with van der Waals surface area (Å²) in [5.41, 5.74) is 1.81. The van der Waals surface area contributed by atoms with Crippen LogP contribution < -0.4 is 9.46 Å². The zero-order valence-corrected chi connectivity index (χ0v) is 18.5. The molecule has 0 spiro atoms. The number of hydrogen-bond donors (Lipinski definition) is 1. The molecule has 7 nitrogen and oxygen atoms in total. The molecule has 2 aromatic rings. The third kappa shape index (κ3) is 6.55. The van der Waals surface area contributed by atoms with E-state index in [2.05, 4.69) is 16.6 Å². The molecule has 1 aliphatic heterocycles. The van der Waals surface area contributed by atoms with Gasteiger partial charge in [0, 0.05) is 18.5 Å². The Labute approximate surface area is 183 Å². The van der Waals surface area contributed by atoms with Gasteiger partial charge in [-0.25, -0.2) is 8.42 Å². The molecule has 31 heavy (non-hydrogen) atoms. The third-order valence-corrected chi connectivity index (χ3v) is 6.29. The molecule has 166 valence electrons. The first kappa shape index (κ1) is 22.8. The number of amidine groups is 1. The van der Waals surface area contributed by atoms with Crippen molar-refractivity contribution in [1.29, 1.82) is 0 Å². The summed E-state index contributed by atoms with van der Waals surface area (Å²) in [4.78, 5) is 16.5. The Kier molecular flexibility index (Phi) is 8.06. The molecule has 0 aliphatic carbocycles. The van der Waals surface area contributed by atoms with Gasteiger partial charge in [0.15, 0.2) is 0 Å². The third-order valence-electron chi connectivity index (χ3n) is 4.89. The van der Waals surface area contributed by atoms with Crippen molar-refractivity contribution < 1.29 is 22.7 Å². The maximum absolute atomic E-state index is 12.0. The van der Waals surface area contributed by atoms with E-state index in [1.54, 1.807) is 24.3 Å². The summed E-state index contributed by atoms with van der Waals surface area (Å²) in [6.45, 7) is 3.13. The van der Waals surface area contributed by atoms with E-state index in [0.29, 0.717) is 37.4 Å². The summed E-state index contributed by atoms with van der Waals surface area (Å²) in [5.74, 6) is 0.929. The van der Waals surface area contributed by atoms with Crippen LogP contribution in [-0.4, -0.2) is 40.0 Å². The lowest BCUT2D eigenvalue weighted by atomic mass is 10.2. The monoisotopic (exact) mass is 444 g/mol. The van der Waals surface area contributed by atoms with Crippen LogP contribution >= 0.6 is 0 Å². The van der Waals surface area contributed by atoms with Crippen LogP contribution in [-0.2, 0) is 26.0 Å². The lowest BCUT2D eigenvalue weighted by molar-refractivity contribution is -0.144. The Morgan fingerprint density at radius 1 is 1.03 bits per heavy atom. The maximum atomic E-state index is 12.0. The van der Waals surface area contributed by atoms with Gasteiger partial charge in [0.05, 0.1) is 4.90 Å². The van der Waals surface area contributed by atoms with E-state index in [-0.39, 0.29) is 17.5 Å². The van der Waals surface area contributed by atoms with E-state index in [0.717, 1.165) is 25.0 Å². The molecule has 1 aliphatic rings. The molecule has 0 amide bonds. The molecule has 0 unspecified atom stereocenters. The minimum absolute atomic E-state index is 0.225. The number of hydrogen-bond acceptors (Lipinski definition) is 6. The van der Waals surface area contributed by atoms with Crippen LogP contribution in [0.15, 0.2) is 58.4 Å². The Bertz CT molecular complexity index is 1030. The Balaban J connectivity index is 1.28. The minimum Gasteiger partial charge on any atom is -0.490 e. The number of sulfonamides is 1. The smallest absolute Gasteiger partial charge is 0.305 e. The van der Waals surface area contributed by atoms with E-state index < -0.39 is 10.0 Å². The van der Waals surface area contributed by atoms with Crippen LogP contribution in [0.5, 0.6) is 5.75 Å². The van der Waals surface area contributed by atoms with Crippen molar-refractivity contribution >= 4 is 21.8 Å². The van der Waals surface area contributed by atoms with Gasteiger partial charge in [0.25, 0.3) is 10.0 Å². The standard InChI is InChI=1S/C23H28N2O5S/c1-2-18-9-8-10-19(17-18)29-15-16-30-22(26)13-4-3-7-14-24-23-20-11-5-6-12-21(20)31(27,28)25-23/h5-6,8-12,17H,2-4,7,13-16H2,1H3,(H,24,25). The maximum Gasteiger partial charge on any atom is 0.305 e. The fraction of sp³-hybridized carbons (Fsp3) is 0.391. The molecule has 1 N–H and O–H groups in total. The summed E-state index contributed by atoms with van der Waals surface area (Å²) in [7, 11) is -3.50. The number of esters is 1. The first-order valence-electron chi connectivity index (χ1n) is 10.5. The zero-order chi connectivity index (χ0) is 22.1. The van der Waals surface area contributed by atoms with Crippen molar-refractivity contribution in [1.82, 2.24) is 4.72 Å². The second-order valence-corrected chi connectivity index (χ2v) is 8.86.